The molecule has 2 bridgehead atoms. The van der Waals surface area contributed by atoms with E-state index in [1.54, 1.807) is 5.56 Å². The van der Waals surface area contributed by atoms with Crippen LogP contribution in [0.15, 0.2) is 12.1 Å². The molecule has 0 radical (unpaired) electrons. The van der Waals surface area contributed by atoms with Crippen molar-refractivity contribution in [2.75, 3.05) is 18.0 Å². The first-order valence-corrected chi connectivity index (χ1v) is 14.4. The monoisotopic (exact) mass is 495 g/mol. The predicted molar refractivity (Wildman–Crippen MR) is 150 cm³/mol. The average molecular weight is 495 g/mol. The Morgan fingerprint density at radius 2 is 1.22 bits per heavy atom. The van der Waals surface area contributed by atoms with E-state index in [9.17, 15) is 0 Å². The number of nitrogens with zero attached hydrogens (tertiary/aromatic N) is 1. The van der Waals surface area contributed by atoms with E-state index in [1.807, 2.05) is 0 Å². The Balaban J connectivity index is 1.45. The van der Waals surface area contributed by atoms with Crippen molar-refractivity contribution in [3.63, 3.8) is 0 Å². The Kier molecular flexibility index (Phi) is 6.67. The van der Waals surface area contributed by atoms with Crippen LogP contribution in [0, 0.1) is 0 Å². The van der Waals surface area contributed by atoms with Crippen molar-refractivity contribution in [3.05, 3.63) is 23.3 Å². The molecule has 0 aromatic heterocycles. The van der Waals surface area contributed by atoms with Gasteiger partial charge >= 0.3 is 14.2 Å². The third kappa shape index (κ3) is 4.36. The Hall–Kier alpha value is -1.01. The number of hydrogen-bond donors (Lipinski definition) is 0. The first kappa shape index (κ1) is 26.6. The molecular formula is C29H47B2NO4. The largest absolute Gasteiger partial charge is 0.495 e. The van der Waals surface area contributed by atoms with E-state index >= 15 is 0 Å². The first-order valence-electron chi connectivity index (χ1n) is 14.4. The zero-order valence-corrected chi connectivity index (χ0v) is 24.2. The lowest BCUT2D eigenvalue weighted by Crippen LogP contribution is -2.42. The van der Waals surface area contributed by atoms with Crippen molar-refractivity contribution in [3.8, 4) is 0 Å². The van der Waals surface area contributed by atoms with Crippen LogP contribution in [0.4, 0.5) is 5.69 Å². The molecule has 1 aromatic rings. The van der Waals surface area contributed by atoms with Crippen LogP contribution in [0.1, 0.15) is 117 Å². The fourth-order valence-electron chi connectivity index (χ4n) is 6.62. The van der Waals surface area contributed by atoms with E-state index in [1.165, 1.54) is 42.4 Å². The van der Waals surface area contributed by atoms with Crippen molar-refractivity contribution >= 4 is 25.4 Å². The third-order valence-electron chi connectivity index (χ3n) is 10.1. The summed E-state index contributed by atoms with van der Waals surface area (Å²) >= 11 is 0. The van der Waals surface area contributed by atoms with Gasteiger partial charge in [0.15, 0.2) is 0 Å². The Morgan fingerprint density at radius 1 is 0.722 bits per heavy atom. The van der Waals surface area contributed by atoms with Gasteiger partial charge in [-0.15, -0.1) is 0 Å². The lowest BCUT2D eigenvalue weighted by Gasteiger charge is -2.43. The van der Waals surface area contributed by atoms with E-state index in [-0.39, 0.29) is 36.6 Å². The second-order valence-corrected chi connectivity index (χ2v) is 13.6. The van der Waals surface area contributed by atoms with Crippen LogP contribution in [0.3, 0.4) is 0 Å². The summed E-state index contributed by atoms with van der Waals surface area (Å²) in [6.07, 6.45) is 7.16. The van der Waals surface area contributed by atoms with Crippen LogP contribution in [0.5, 0.6) is 0 Å². The summed E-state index contributed by atoms with van der Waals surface area (Å²) < 4.78 is 25.8. The number of benzene rings is 1. The molecule has 5 nitrogen and oxygen atoms in total. The van der Waals surface area contributed by atoms with Gasteiger partial charge in [-0.3, -0.25) is 0 Å². The topological polar surface area (TPSA) is 40.2 Å². The summed E-state index contributed by atoms with van der Waals surface area (Å²) in [6, 6.07) is 4.67. The minimum atomic E-state index is -0.325. The summed E-state index contributed by atoms with van der Waals surface area (Å²) in [5.74, 6) is 1.25. The summed E-state index contributed by atoms with van der Waals surface area (Å²) in [5, 5.41) is 0. The van der Waals surface area contributed by atoms with E-state index < -0.39 is 0 Å². The molecule has 1 aromatic carbocycles. The maximum absolute atomic E-state index is 6.56. The van der Waals surface area contributed by atoms with Gasteiger partial charge in [-0.1, -0.05) is 13.0 Å². The molecule has 0 amide bonds. The maximum Gasteiger partial charge on any atom is 0.495 e. The maximum atomic E-state index is 6.56. The van der Waals surface area contributed by atoms with Gasteiger partial charge in [-0.25, -0.2) is 0 Å². The second-order valence-electron chi connectivity index (χ2n) is 13.6. The molecule has 3 aliphatic carbocycles. The van der Waals surface area contributed by atoms with Crippen molar-refractivity contribution < 1.29 is 18.6 Å². The van der Waals surface area contributed by atoms with Gasteiger partial charge in [0.25, 0.3) is 0 Å². The smallest absolute Gasteiger partial charge is 0.403 e. The van der Waals surface area contributed by atoms with Gasteiger partial charge in [0.1, 0.15) is 0 Å². The molecule has 3 fully saturated rings. The lowest BCUT2D eigenvalue weighted by molar-refractivity contribution is 0.00578. The van der Waals surface area contributed by atoms with E-state index in [2.05, 4.69) is 79.3 Å². The highest BCUT2D eigenvalue weighted by molar-refractivity contribution is 6.62. The first-order chi connectivity index (χ1) is 16.8. The molecule has 0 unspecified atom stereocenters. The zero-order chi connectivity index (χ0) is 26.1. The molecule has 5 aliphatic rings. The van der Waals surface area contributed by atoms with Gasteiger partial charge < -0.3 is 23.5 Å². The quantitative estimate of drug-likeness (QED) is 0.431. The highest BCUT2D eigenvalue weighted by Crippen LogP contribution is 2.52. The standard InChI is InChI=1S/C29H47B2NO4/c1-10-18-32(19-17-30-33-26(2,3)27(4,5)34-30)23-16-15-22(31-35-28(6,7)29(8,9)36-31)24-20-11-13-21(14-12-20)25(23)24/h15-16,20-21H,10-14,17-19H2,1-9H3. The summed E-state index contributed by atoms with van der Waals surface area (Å²) in [5.41, 5.74) is 4.58. The molecule has 0 N–H and O–H groups in total. The molecule has 1 saturated carbocycles. The molecule has 36 heavy (non-hydrogen) atoms. The van der Waals surface area contributed by atoms with Crippen LogP contribution in [0.25, 0.3) is 0 Å². The van der Waals surface area contributed by atoms with Crippen molar-refractivity contribution in [1.82, 2.24) is 0 Å². The molecule has 2 heterocycles. The number of hydrogen-bond acceptors (Lipinski definition) is 5. The average Bonchev–Trinajstić information content (AvgIpc) is 3.15. The van der Waals surface area contributed by atoms with Crippen LogP contribution < -0.4 is 10.4 Å². The van der Waals surface area contributed by atoms with Gasteiger partial charge in [0.05, 0.1) is 22.4 Å². The van der Waals surface area contributed by atoms with Crippen LogP contribution in [-0.4, -0.2) is 49.7 Å². The van der Waals surface area contributed by atoms with Crippen molar-refractivity contribution in [1.29, 1.82) is 0 Å². The normalized spacial score (nSPS) is 29.0. The Morgan fingerprint density at radius 3 is 1.75 bits per heavy atom. The van der Waals surface area contributed by atoms with Gasteiger partial charge in [0, 0.05) is 18.8 Å². The van der Waals surface area contributed by atoms with Gasteiger partial charge in [0.2, 0.25) is 0 Å². The van der Waals surface area contributed by atoms with Crippen LogP contribution >= 0.6 is 0 Å². The second kappa shape index (κ2) is 9.03. The van der Waals surface area contributed by atoms with Crippen LogP contribution in [0.2, 0.25) is 6.32 Å². The summed E-state index contributed by atoms with van der Waals surface area (Å²) in [7, 11) is -0.452. The molecular weight excluding hydrogens is 448 g/mol. The molecule has 2 aliphatic heterocycles. The Labute approximate surface area is 220 Å². The lowest BCUT2D eigenvalue weighted by atomic mass is 9.60. The fraction of sp³-hybridized carbons (Fsp3) is 0.793. The number of anilines is 1. The zero-order valence-electron chi connectivity index (χ0n) is 24.2. The molecule has 2 saturated heterocycles. The number of rotatable bonds is 7. The molecule has 6 rings (SSSR count). The summed E-state index contributed by atoms with van der Waals surface area (Å²) in [6.45, 7) is 21.4. The van der Waals surface area contributed by atoms with E-state index in [4.69, 9.17) is 18.6 Å². The van der Waals surface area contributed by atoms with Gasteiger partial charge in [-0.2, -0.15) is 0 Å². The highest BCUT2D eigenvalue weighted by atomic mass is 16.7. The van der Waals surface area contributed by atoms with Crippen molar-refractivity contribution in [2.24, 2.45) is 0 Å². The molecule has 198 valence electrons. The highest BCUT2D eigenvalue weighted by Gasteiger charge is 2.54. The van der Waals surface area contributed by atoms with Crippen LogP contribution in [-0.2, 0) is 18.6 Å². The van der Waals surface area contributed by atoms with E-state index in [0.29, 0.717) is 11.8 Å². The third-order valence-corrected chi connectivity index (χ3v) is 10.1. The molecule has 0 atom stereocenters. The molecule has 7 heteroatoms. The summed E-state index contributed by atoms with van der Waals surface area (Å²) in [4.78, 5) is 2.60. The van der Waals surface area contributed by atoms with E-state index in [0.717, 1.165) is 25.8 Å². The predicted octanol–water partition coefficient (Wildman–Crippen LogP) is 6.05. The van der Waals surface area contributed by atoms with Crippen molar-refractivity contribution in [2.45, 2.75) is 135 Å². The SMILES string of the molecule is CCCN(CCB1OC(C)(C)C(C)(C)O1)c1ccc(B2OC(C)(C)C(C)(C)O2)c2c1C1CCC2CC1. The minimum Gasteiger partial charge on any atom is -0.403 e. The number of fused-ring (bicyclic) bond motifs is 2. The van der Waals surface area contributed by atoms with Gasteiger partial charge in [-0.05, 0) is 128 Å². The fourth-order valence-corrected chi connectivity index (χ4v) is 6.62. The molecule has 0 spiro atoms. The minimum absolute atomic E-state index is 0.161. The Bertz CT molecular complexity index is 952.